The van der Waals surface area contributed by atoms with Gasteiger partial charge in [-0.3, -0.25) is 4.68 Å². The van der Waals surface area contributed by atoms with Gasteiger partial charge in [-0.1, -0.05) is 24.3 Å². The molecule has 1 atom stereocenters. The molecule has 0 amide bonds. The third-order valence-electron chi connectivity index (χ3n) is 3.91. The van der Waals surface area contributed by atoms with Gasteiger partial charge < -0.3 is 5.32 Å². The number of fused-ring (bicyclic) bond motifs is 2. The van der Waals surface area contributed by atoms with Crippen LogP contribution in [0.15, 0.2) is 36.8 Å². The van der Waals surface area contributed by atoms with Crippen LogP contribution in [0.4, 0.5) is 5.82 Å². The van der Waals surface area contributed by atoms with E-state index in [1.54, 1.807) is 11.0 Å². The Bertz CT molecular complexity index is 777. The Kier molecular flexibility index (Phi) is 2.45. The van der Waals surface area contributed by atoms with E-state index in [9.17, 15) is 0 Å². The largest absolute Gasteiger partial charge is 0.369 e. The molecule has 1 aromatic carbocycles. The third-order valence-corrected chi connectivity index (χ3v) is 3.91. The maximum Gasteiger partial charge on any atom is 0.186 e. The van der Waals surface area contributed by atoms with E-state index in [0.717, 1.165) is 29.8 Å². The Hall–Kier alpha value is -2.43. The summed E-state index contributed by atoms with van der Waals surface area (Å²) in [7, 11) is 1.90. The average Bonchev–Trinajstić information content (AvgIpc) is 2.81. The molecule has 20 heavy (non-hydrogen) atoms. The Morgan fingerprint density at radius 1 is 1.30 bits per heavy atom. The van der Waals surface area contributed by atoms with Gasteiger partial charge in [-0.05, 0) is 17.5 Å². The van der Waals surface area contributed by atoms with E-state index in [1.807, 2.05) is 13.2 Å². The summed E-state index contributed by atoms with van der Waals surface area (Å²) in [5.74, 6) is 1.44. The van der Waals surface area contributed by atoms with Gasteiger partial charge in [0.1, 0.15) is 12.1 Å². The molecule has 3 aromatic rings. The highest BCUT2D eigenvalue weighted by Gasteiger charge is 2.25. The van der Waals surface area contributed by atoms with Gasteiger partial charge in [0.25, 0.3) is 0 Å². The van der Waals surface area contributed by atoms with Crippen LogP contribution in [-0.2, 0) is 13.5 Å². The van der Waals surface area contributed by atoms with Crippen LogP contribution in [0.2, 0.25) is 0 Å². The molecule has 100 valence electrons. The smallest absolute Gasteiger partial charge is 0.186 e. The summed E-state index contributed by atoms with van der Waals surface area (Å²) in [5.41, 5.74) is 3.66. The van der Waals surface area contributed by atoms with Crippen LogP contribution >= 0.6 is 0 Å². The number of benzene rings is 1. The van der Waals surface area contributed by atoms with Crippen molar-refractivity contribution in [3.63, 3.8) is 0 Å². The summed E-state index contributed by atoms with van der Waals surface area (Å²) in [6.07, 6.45) is 4.66. The van der Waals surface area contributed by atoms with E-state index in [0.29, 0.717) is 5.92 Å². The minimum absolute atomic E-state index is 0.577. The molecule has 0 radical (unpaired) electrons. The lowest BCUT2D eigenvalue weighted by atomic mass is 9.77. The highest BCUT2D eigenvalue weighted by atomic mass is 15.3. The van der Waals surface area contributed by atoms with Crippen molar-refractivity contribution >= 4 is 16.9 Å². The van der Waals surface area contributed by atoms with E-state index in [1.165, 1.54) is 11.1 Å². The third kappa shape index (κ3) is 1.74. The van der Waals surface area contributed by atoms with Crippen molar-refractivity contribution in [3.8, 4) is 0 Å². The van der Waals surface area contributed by atoms with Crippen LogP contribution in [0.1, 0.15) is 17.0 Å². The van der Waals surface area contributed by atoms with Crippen molar-refractivity contribution in [1.29, 1.82) is 0 Å². The van der Waals surface area contributed by atoms with Crippen molar-refractivity contribution in [2.24, 2.45) is 7.05 Å². The van der Waals surface area contributed by atoms with E-state index >= 15 is 0 Å². The Morgan fingerprint density at radius 2 is 2.20 bits per heavy atom. The molecular formula is C15H15N5. The SMILES string of the molecule is Cn1cc2c(NC[C@@H]3Cc4ccccc43)ncnc2n1. The lowest BCUT2D eigenvalue weighted by Gasteiger charge is -2.30. The van der Waals surface area contributed by atoms with Crippen LogP contribution in [0.25, 0.3) is 11.0 Å². The Labute approximate surface area is 116 Å². The van der Waals surface area contributed by atoms with Crippen molar-refractivity contribution in [2.45, 2.75) is 12.3 Å². The zero-order valence-electron chi connectivity index (χ0n) is 11.2. The first-order valence-electron chi connectivity index (χ1n) is 6.77. The van der Waals surface area contributed by atoms with E-state index < -0.39 is 0 Å². The lowest BCUT2D eigenvalue weighted by molar-refractivity contribution is 0.635. The predicted molar refractivity (Wildman–Crippen MR) is 77.7 cm³/mol. The molecule has 4 rings (SSSR count). The molecule has 0 fully saturated rings. The summed E-state index contributed by atoms with van der Waals surface area (Å²) < 4.78 is 1.77. The Balaban J connectivity index is 1.55. The van der Waals surface area contributed by atoms with Gasteiger partial charge in [-0.2, -0.15) is 5.10 Å². The highest BCUT2D eigenvalue weighted by Crippen LogP contribution is 2.34. The molecule has 1 aliphatic rings. The van der Waals surface area contributed by atoms with Crippen molar-refractivity contribution in [3.05, 3.63) is 47.9 Å². The predicted octanol–water partition coefficient (Wildman–Crippen LogP) is 2.12. The fraction of sp³-hybridized carbons (Fsp3) is 0.267. The van der Waals surface area contributed by atoms with Gasteiger partial charge >= 0.3 is 0 Å². The van der Waals surface area contributed by atoms with Gasteiger partial charge in [0.15, 0.2) is 5.65 Å². The molecule has 0 saturated carbocycles. The summed E-state index contributed by atoms with van der Waals surface area (Å²) in [5, 5.41) is 8.71. The average molecular weight is 265 g/mol. The molecule has 0 aliphatic heterocycles. The molecule has 0 bridgehead atoms. The number of aromatic nitrogens is 4. The summed E-state index contributed by atoms with van der Waals surface area (Å²) >= 11 is 0. The maximum atomic E-state index is 4.33. The fourth-order valence-electron chi connectivity index (χ4n) is 2.86. The summed E-state index contributed by atoms with van der Waals surface area (Å²) in [6, 6.07) is 8.63. The topological polar surface area (TPSA) is 55.6 Å². The van der Waals surface area contributed by atoms with Gasteiger partial charge in [-0.15, -0.1) is 0 Å². The second-order valence-corrected chi connectivity index (χ2v) is 5.24. The van der Waals surface area contributed by atoms with Crippen molar-refractivity contribution in [2.75, 3.05) is 11.9 Å². The zero-order chi connectivity index (χ0) is 13.5. The molecule has 1 N–H and O–H groups in total. The van der Waals surface area contributed by atoms with Crippen LogP contribution in [0, 0.1) is 0 Å². The van der Waals surface area contributed by atoms with Crippen molar-refractivity contribution in [1.82, 2.24) is 19.7 Å². The number of hydrogen-bond acceptors (Lipinski definition) is 4. The monoisotopic (exact) mass is 265 g/mol. The highest BCUT2D eigenvalue weighted by molar-refractivity contribution is 5.85. The van der Waals surface area contributed by atoms with Gasteiger partial charge in [0.05, 0.1) is 5.39 Å². The number of hydrogen-bond donors (Lipinski definition) is 1. The quantitative estimate of drug-likeness (QED) is 0.788. The first-order valence-corrected chi connectivity index (χ1v) is 6.77. The molecule has 2 aromatic heterocycles. The van der Waals surface area contributed by atoms with E-state index in [-0.39, 0.29) is 0 Å². The lowest BCUT2D eigenvalue weighted by Crippen LogP contribution is -2.24. The molecular weight excluding hydrogens is 250 g/mol. The molecule has 1 aliphatic carbocycles. The molecule has 5 heteroatoms. The molecule has 5 nitrogen and oxygen atoms in total. The first kappa shape index (κ1) is 11.4. The van der Waals surface area contributed by atoms with Gasteiger partial charge in [0.2, 0.25) is 0 Å². The second kappa shape index (κ2) is 4.30. The first-order chi connectivity index (χ1) is 9.81. The number of nitrogens with zero attached hydrogens (tertiary/aromatic N) is 4. The Morgan fingerprint density at radius 3 is 3.10 bits per heavy atom. The van der Waals surface area contributed by atoms with Crippen LogP contribution in [-0.4, -0.2) is 26.3 Å². The number of nitrogens with one attached hydrogen (secondary N) is 1. The molecule has 0 unspecified atom stereocenters. The second-order valence-electron chi connectivity index (χ2n) is 5.24. The normalized spacial score (nSPS) is 16.8. The van der Waals surface area contributed by atoms with E-state index in [2.05, 4.69) is 44.6 Å². The maximum absolute atomic E-state index is 4.33. The standard InChI is InChI=1S/C15H15N5/c1-20-8-13-14(17-9-18-15(13)19-20)16-7-11-6-10-4-2-3-5-12(10)11/h2-5,8-9,11H,6-7H2,1H3,(H,16,17,18,19)/t11-/m0/s1. The summed E-state index contributed by atoms with van der Waals surface area (Å²) in [6.45, 7) is 0.901. The van der Waals surface area contributed by atoms with Crippen LogP contribution in [0.5, 0.6) is 0 Å². The van der Waals surface area contributed by atoms with Gasteiger partial charge in [-0.25, -0.2) is 9.97 Å². The summed E-state index contributed by atoms with van der Waals surface area (Å²) in [4.78, 5) is 8.51. The fourth-order valence-corrected chi connectivity index (χ4v) is 2.86. The zero-order valence-corrected chi connectivity index (χ0v) is 11.2. The minimum atomic E-state index is 0.577. The van der Waals surface area contributed by atoms with Crippen molar-refractivity contribution < 1.29 is 0 Å². The molecule has 0 spiro atoms. The van der Waals surface area contributed by atoms with Gasteiger partial charge in [0, 0.05) is 25.7 Å². The number of aryl methyl sites for hydroxylation is 1. The molecule has 0 saturated heterocycles. The minimum Gasteiger partial charge on any atom is -0.369 e. The number of anilines is 1. The van der Waals surface area contributed by atoms with Crippen LogP contribution in [0.3, 0.4) is 0 Å². The van der Waals surface area contributed by atoms with Crippen LogP contribution < -0.4 is 5.32 Å². The van der Waals surface area contributed by atoms with E-state index in [4.69, 9.17) is 0 Å². The molecule has 2 heterocycles. The number of rotatable bonds is 3.